The maximum atomic E-state index is 11.1. The van der Waals surface area contributed by atoms with E-state index in [-0.39, 0.29) is 24.0 Å². The first-order valence-electron chi connectivity index (χ1n) is 5.33. The van der Waals surface area contributed by atoms with Gasteiger partial charge in [-0.15, -0.1) is 0 Å². The molecule has 1 amide bonds. The minimum atomic E-state index is -0.308. The number of ether oxygens (including phenoxy) is 2. The van der Waals surface area contributed by atoms with Gasteiger partial charge in [-0.25, -0.2) is 0 Å². The molecule has 0 saturated carbocycles. The van der Waals surface area contributed by atoms with Crippen LogP contribution in [0.3, 0.4) is 0 Å². The lowest BCUT2D eigenvalue weighted by Gasteiger charge is -2.26. The van der Waals surface area contributed by atoms with Crippen molar-refractivity contribution >= 4 is 5.91 Å². The molecule has 0 aromatic heterocycles. The standard InChI is InChI=1S/C10H20N2O3/c1-7(2)9(10(11)13)12-5-8-3-4-14-6-15-8/h7-9,12H,3-6H2,1-2H3,(H2,11,13). The molecule has 0 aliphatic carbocycles. The molecule has 0 aromatic rings. The Hall–Kier alpha value is -0.650. The highest BCUT2D eigenvalue weighted by atomic mass is 16.7. The number of amides is 1. The van der Waals surface area contributed by atoms with Gasteiger partial charge < -0.3 is 20.5 Å². The Kier molecular flexibility index (Phi) is 5.01. The molecule has 0 spiro atoms. The van der Waals surface area contributed by atoms with E-state index in [9.17, 15) is 4.79 Å². The molecule has 1 aliphatic heterocycles. The van der Waals surface area contributed by atoms with Crippen LogP contribution in [0.25, 0.3) is 0 Å². The van der Waals surface area contributed by atoms with Gasteiger partial charge in [-0.2, -0.15) is 0 Å². The van der Waals surface area contributed by atoms with Crippen LogP contribution in [0.2, 0.25) is 0 Å². The van der Waals surface area contributed by atoms with Crippen molar-refractivity contribution in [3.8, 4) is 0 Å². The zero-order valence-electron chi connectivity index (χ0n) is 9.36. The predicted molar refractivity (Wildman–Crippen MR) is 56.1 cm³/mol. The Balaban J connectivity index is 2.29. The van der Waals surface area contributed by atoms with Crippen LogP contribution in [0.5, 0.6) is 0 Å². The molecular formula is C10H20N2O3. The molecule has 2 unspecified atom stereocenters. The smallest absolute Gasteiger partial charge is 0.234 e. The van der Waals surface area contributed by atoms with E-state index >= 15 is 0 Å². The minimum absolute atomic E-state index is 0.124. The van der Waals surface area contributed by atoms with Crippen LogP contribution in [0.15, 0.2) is 0 Å². The third kappa shape index (κ3) is 4.15. The molecule has 2 atom stereocenters. The zero-order chi connectivity index (χ0) is 11.3. The van der Waals surface area contributed by atoms with E-state index in [0.29, 0.717) is 13.3 Å². The molecule has 1 fully saturated rings. The number of carbonyl (C=O) groups is 1. The molecule has 1 saturated heterocycles. The van der Waals surface area contributed by atoms with Crippen molar-refractivity contribution < 1.29 is 14.3 Å². The molecule has 5 heteroatoms. The van der Waals surface area contributed by atoms with Crippen molar-refractivity contribution in [2.75, 3.05) is 19.9 Å². The molecule has 15 heavy (non-hydrogen) atoms. The fraction of sp³-hybridized carbons (Fsp3) is 0.900. The third-order valence-electron chi connectivity index (χ3n) is 2.51. The lowest BCUT2D eigenvalue weighted by Crippen LogP contribution is -2.48. The predicted octanol–water partition coefficient (Wildman–Crippen LogP) is -0.151. The summed E-state index contributed by atoms with van der Waals surface area (Å²) in [5.41, 5.74) is 5.29. The summed E-state index contributed by atoms with van der Waals surface area (Å²) in [5, 5.41) is 3.13. The van der Waals surface area contributed by atoms with Gasteiger partial charge in [0, 0.05) is 6.54 Å². The van der Waals surface area contributed by atoms with E-state index in [2.05, 4.69) is 5.32 Å². The summed E-state index contributed by atoms with van der Waals surface area (Å²) in [7, 11) is 0. The highest BCUT2D eigenvalue weighted by molar-refractivity contribution is 5.80. The quantitative estimate of drug-likeness (QED) is 0.670. The van der Waals surface area contributed by atoms with Gasteiger partial charge in [0.1, 0.15) is 6.79 Å². The molecule has 5 nitrogen and oxygen atoms in total. The molecule has 1 heterocycles. The molecule has 0 bridgehead atoms. The van der Waals surface area contributed by atoms with Crippen LogP contribution in [0.1, 0.15) is 20.3 Å². The second kappa shape index (κ2) is 6.05. The topological polar surface area (TPSA) is 73.6 Å². The number of primary amides is 1. The average molecular weight is 216 g/mol. The van der Waals surface area contributed by atoms with E-state index in [1.165, 1.54) is 0 Å². The Bertz CT molecular complexity index is 203. The van der Waals surface area contributed by atoms with E-state index in [1.54, 1.807) is 0 Å². The van der Waals surface area contributed by atoms with E-state index in [4.69, 9.17) is 15.2 Å². The van der Waals surface area contributed by atoms with Crippen LogP contribution in [-0.4, -0.2) is 38.0 Å². The lowest BCUT2D eigenvalue weighted by molar-refractivity contribution is -0.138. The normalized spacial score (nSPS) is 24.1. The summed E-state index contributed by atoms with van der Waals surface area (Å²) in [4.78, 5) is 11.1. The first-order valence-corrected chi connectivity index (χ1v) is 5.33. The Labute approximate surface area is 90.3 Å². The summed E-state index contributed by atoms with van der Waals surface area (Å²) in [6.45, 7) is 5.64. The summed E-state index contributed by atoms with van der Waals surface area (Å²) in [6.07, 6.45) is 0.982. The maximum absolute atomic E-state index is 11.1. The van der Waals surface area contributed by atoms with Gasteiger partial charge in [0.2, 0.25) is 5.91 Å². The number of carbonyl (C=O) groups excluding carboxylic acids is 1. The van der Waals surface area contributed by atoms with Gasteiger partial charge in [0.05, 0.1) is 18.8 Å². The second-order valence-corrected chi connectivity index (χ2v) is 4.14. The van der Waals surface area contributed by atoms with Crippen LogP contribution in [0, 0.1) is 5.92 Å². The van der Waals surface area contributed by atoms with Gasteiger partial charge in [-0.1, -0.05) is 13.8 Å². The molecule has 0 radical (unpaired) electrons. The van der Waals surface area contributed by atoms with Gasteiger partial charge in [-0.05, 0) is 12.3 Å². The zero-order valence-corrected chi connectivity index (χ0v) is 9.36. The van der Waals surface area contributed by atoms with E-state index in [1.807, 2.05) is 13.8 Å². The summed E-state index contributed by atoms with van der Waals surface area (Å²) in [5.74, 6) is -0.112. The van der Waals surface area contributed by atoms with Crippen molar-refractivity contribution in [3.05, 3.63) is 0 Å². The summed E-state index contributed by atoms with van der Waals surface area (Å²) in [6, 6.07) is -0.281. The number of hydrogen-bond donors (Lipinski definition) is 2. The summed E-state index contributed by atoms with van der Waals surface area (Å²) < 4.78 is 10.4. The van der Waals surface area contributed by atoms with Crippen molar-refractivity contribution in [1.29, 1.82) is 0 Å². The van der Waals surface area contributed by atoms with Gasteiger partial charge in [0.25, 0.3) is 0 Å². The second-order valence-electron chi connectivity index (χ2n) is 4.14. The maximum Gasteiger partial charge on any atom is 0.234 e. The van der Waals surface area contributed by atoms with Crippen molar-refractivity contribution in [2.45, 2.75) is 32.4 Å². The first-order chi connectivity index (χ1) is 7.11. The fourth-order valence-electron chi connectivity index (χ4n) is 1.59. The molecule has 3 N–H and O–H groups in total. The molecule has 1 aliphatic rings. The molecular weight excluding hydrogens is 196 g/mol. The van der Waals surface area contributed by atoms with Crippen molar-refractivity contribution in [2.24, 2.45) is 11.7 Å². The van der Waals surface area contributed by atoms with E-state index < -0.39 is 0 Å². The molecule has 0 aromatic carbocycles. The Morgan fingerprint density at radius 2 is 2.33 bits per heavy atom. The SMILES string of the molecule is CC(C)C(NCC1CCOCO1)C(N)=O. The Morgan fingerprint density at radius 3 is 2.80 bits per heavy atom. The Morgan fingerprint density at radius 1 is 1.60 bits per heavy atom. The first kappa shape index (κ1) is 12.4. The molecule has 88 valence electrons. The number of nitrogens with one attached hydrogen (secondary N) is 1. The van der Waals surface area contributed by atoms with Crippen molar-refractivity contribution in [1.82, 2.24) is 5.32 Å². The van der Waals surface area contributed by atoms with E-state index in [0.717, 1.165) is 13.0 Å². The number of hydrogen-bond acceptors (Lipinski definition) is 4. The van der Waals surface area contributed by atoms with Gasteiger partial charge in [0.15, 0.2) is 0 Å². The fourth-order valence-corrected chi connectivity index (χ4v) is 1.59. The minimum Gasteiger partial charge on any atom is -0.368 e. The van der Waals surface area contributed by atoms with Crippen molar-refractivity contribution in [3.63, 3.8) is 0 Å². The highest BCUT2D eigenvalue weighted by Gasteiger charge is 2.21. The van der Waals surface area contributed by atoms with Crippen LogP contribution < -0.4 is 11.1 Å². The largest absolute Gasteiger partial charge is 0.368 e. The highest BCUT2D eigenvalue weighted by Crippen LogP contribution is 2.06. The van der Waals surface area contributed by atoms with Crippen LogP contribution in [-0.2, 0) is 14.3 Å². The third-order valence-corrected chi connectivity index (χ3v) is 2.51. The number of rotatable bonds is 5. The summed E-state index contributed by atoms with van der Waals surface area (Å²) >= 11 is 0. The average Bonchev–Trinajstić information content (AvgIpc) is 2.18. The monoisotopic (exact) mass is 216 g/mol. The van der Waals surface area contributed by atoms with Gasteiger partial charge >= 0.3 is 0 Å². The van der Waals surface area contributed by atoms with Crippen LogP contribution in [0.4, 0.5) is 0 Å². The number of nitrogens with two attached hydrogens (primary N) is 1. The van der Waals surface area contributed by atoms with Gasteiger partial charge in [-0.3, -0.25) is 4.79 Å². The lowest BCUT2D eigenvalue weighted by atomic mass is 10.0. The molecule has 1 rings (SSSR count). The van der Waals surface area contributed by atoms with Crippen LogP contribution >= 0.6 is 0 Å².